The van der Waals surface area contributed by atoms with Crippen LogP contribution in [0.15, 0.2) is 48.8 Å². The summed E-state index contributed by atoms with van der Waals surface area (Å²) >= 11 is 6.30. The standard InChI is InChI=1S/C16H15ClF3N3.C2H6/c1-23-15(17)12-5-3-2-4-11(12)14(22-23)13(16(18,19)20)10-6-8-21-9-7-10;1-2/h2-9,13-15,22H,1H3;1-2H3. The van der Waals surface area contributed by atoms with Crippen LogP contribution < -0.4 is 5.43 Å². The van der Waals surface area contributed by atoms with Gasteiger partial charge < -0.3 is 0 Å². The molecule has 3 unspecified atom stereocenters. The number of nitrogens with zero attached hydrogens (tertiary/aromatic N) is 2. The van der Waals surface area contributed by atoms with Gasteiger partial charge in [-0.05, 0) is 28.8 Å². The van der Waals surface area contributed by atoms with E-state index in [9.17, 15) is 13.2 Å². The van der Waals surface area contributed by atoms with Crippen LogP contribution in [0.3, 0.4) is 0 Å². The number of hydrogen-bond acceptors (Lipinski definition) is 3. The maximum Gasteiger partial charge on any atom is 0.397 e. The predicted molar refractivity (Wildman–Crippen MR) is 93.1 cm³/mol. The Morgan fingerprint density at radius 2 is 1.64 bits per heavy atom. The summed E-state index contributed by atoms with van der Waals surface area (Å²) in [6.07, 6.45) is -1.67. The van der Waals surface area contributed by atoms with E-state index < -0.39 is 23.6 Å². The number of nitrogens with one attached hydrogen (secondary N) is 1. The zero-order valence-electron chi connectivity index (χ0n) is 14.3. The third-order valence-corrected chi connectivity index (χ3v) is 4.55. The topological polar surface area (TPSA) is 28.2 Å². The van der Waals surface area contributed by atoms with Crippen molar-refractivity contribution in [3.05, 3.63) is 65.5 Å². The molecule has 1 N–H and O–H groups in total. The van der Waals surface area contributed by atoms with E-state index in [0.717, 1.165) is 0 Å². The molecular formula is C18H21ClF3N3. The van der Waals surface area contributed by atoms with Crippen LogP contribution in [0.1, 0.15) is 48.0 Å². The first-order chi connectivity index (χ1) is 11.9. The lowest BCUT2D eigenvalue weighted by atomic mass is 9.84. The first kappa shape index (κ1) is 19.7. The van der Waals surface area contributed by atoms with E-state index >= 15 is 0 Å². The fourth-order valence-corrected chi connectivity index (χ4v) is 3.22. The number of aromatic nitrogens is 1. The Morgan fingerprint density at radius 3 is 2.20 bits per heavy atom. The van der Waals surface area contributed by atoms with Crippen LogP contribution in [-0.4, -0.2) is 23.2 Å². The Morgan fingerprint density at radius 1 is 1.08 bits per heavy atom. The van der Waals surface area contributed by atoms with Crippen LogP contribution in [-0.2, 0) is 0 Å². The molecule has 0 aliphatic carbocycles. The van der Waals surface area contributed by atoms with Gasteiger partial charge in [-0.15, -0.1) is 0 Å². The molecule has 3 nitrogen and oxygen atoms in total. The fraction of sp³-hybridized carbons (Fsp3) is 0.389. The van der Waals surface area contributed by atoms with Gasteiger partial charge in [0.2, 0.25) is 0 Å². The molecule has 0 bridgehead atoms. The molecule has 3 rings (SSSR count). The van der Waals surface area contributed by atoms with Gasteiger partial charge in [0.1, 0.15) is 11.4 Å². The number of rotatable bonds is 2. The number of pyridine rings is 1. The molecule has 0 amide bonds. The van der Waals surface area contributed by atoms with E-state index in [1.165, 1.54) is 29.5 Å². The molecule has 1 aromatic carbocycles. The summed E-state index contributed by atoms with van der Waals surface area (Å²) in [6.45, 7) is 4.00. The van der Waals surface area contributed by atoms with Gasteiger partial charge in [-0.3, -0.25) is 4.98 Å². The number of halogens is 4. The molecule has 3 atom stereocenters. The lowest BCUT2D eigenvalue weighted by Crippen LogP contribution is -2.47. The number of hydrogen-bond donors (Lipinski definition) is 1. The second-order valence-electron chi connectivity index (χ2n) is 5.48. The van der Waals surface area contributed by atoms with Crippen LogP contribution in [0, 0.1) is 0 Å². The van der Waals surface area contributed by atoms with Crippen molar-refractivity contribution in [2.75, 3.05) is 7.05 Å². The molecule has 136 valence electrons. The minimum absolute atomic E-state index is 0.168. The third-order valence-electron chi connectivity index (χ3n) is 4.02. The average Bonchev–Trinajstić information content (AvgIpc) is 2.61. The summed E-state index contributed by atoms with van der Waals surface area (Å²) in [5.41, 5.74) is 3.78. The zero-order chi connectivity index (χ0) is 18.6. The van der Waals surface area contributed by atoms with E-state index in [1.54, 1.807) is 31.3 Å². The molecule has 25 heavy (non-hydrogen) atoms. The van der Waals surface area contributed by atoms with Crippen LogP contribution in [0.25, 0.3) is 0 Å². The normalized spacial score (nSPS) is 21.7. The Hall–Kier alpha value is -1.63. The lowest BCUT2D eigenvalue weighted by Gasteiger charge is -2.41. The number of fused-ring (bicyclic) bond motifs is 1. The minimum Gasteiger partial charge on any atom is -0.265 e. The van der Waals surface area contributed by atoms with Crippen molar-refractivity contribution in [3.63, 3.8) is 0 Å². The summed E-state index contributed by atoms with van der Waals surface area (Å²) in [5.74, 6) is -1.70. The van der Waals surface area contributed by atoms with Gasteiger partial charge in [0.05, 0.1) is 6.04 Å². The quantitative estimate of drug-likeness (QED) is 0.582. The predicted octanol–water partition coefficient (Wildman–Crippen LogP) is 5.18. The largest absolute Gasteiger partial charge is 0.397 e. The Kier molecular flexibility index (Phi) is 6.43. The fourth-order valence-electron chi connectivity index (χ4n) is 2.97. The van der Waals surface area contributed by atoms with Crippen molar-refractivity contribution in [1.29, 1.82) is 0 Å². The third kappa shape index (κ3) is 4.14. The van der Waals surface area contributed by atoms with Crippen molar-refractivity contribution in [3.8, 4) is 0 Å². The molecule has 2 heterocycles. The van der Waals surface area contributed by atoms with Gasteiger partial charge in [-0.1, -0.05) is 49.7 Å². The first-order valence-electron chi connectivity index (χ1n) is 8.08. The molecule has 0 saturated heterocycles. The highest BCUT2D eigenvalue weighted by Gasteiger charge is 2.48. The van der Waals surface area contributed by atoms with Crippen molar-refractivity contribution in [1.82, 2.24) is 15.4 Å². The van der Waals surface area contributed by atoms with Gasteiger partial charge in [0.25, 0.3) is 0 Å². The van der Waals surface area contributed by atoms with Crippen LogP contribution in [0.2, 0.25) is 0 Å². The monoisotopic (exact) mass is 371 g/mol. The van der Waals surface area contributed by atoms with Crippen LogP contribution >= 0.6 is 11.6 Å². The molecular weight excluding hydrogens is 351 g/mol. The van der Waals surface area contributed by atoms with Gasteiger partial charge in [-0.25, -0.2) is 10.4 Å². The van der Waals surface area contributed by atoms with E-state index in [-0.39, 0.29) is 5.56 Å². The van der Waals surface area contributed by atoms with E-state index in [4.69, 9.17) is 11.6 Å². The maximum atomic E-state index is 13.8. The van der Waals surface area contributed by atoms with Crippen LogP contribution in [0.4, 0.5) is 13.2 Å². The highest BCUT2D eigenvalue weighted by atomic mass is 35.5. The molecule has 0 spiro atoms. The first-order valence-corrected chi connectivity index (χ1v) is 8.52. The van der Waals surface area contributed by atoms with E-state index in [2.05, 4.69) is 10.4 Å². The molecule has 0 radical (unpaired) electrons. The summed E-state index contributed by atoms with van der Waals surface area (Å²) in [5, 5.41) is 1.51. The highest BCUT2D eigenvalue weighted by Crippen LogP contribution is 2.47. The summed E-state index contributed by atoms with van der Waals surface area (Å²) in [7, 11) is 1.64. The molecule has 0 fully saturated rings. The molecule has 0 saturated carbocycles. The molecule has 2 aromatic rings. The van der Waals surface area contributed by atoms with Gasteiger partial charge >= 0.3 is 6.18 Å². The van der Waals surface area contributed by atoms with Crippen molar-refractivity contribution in [2.45, 2.75) is 37.5 Å². The van der Waals surface area contributed by atoms with Crippen LogP contribution in [0.5, 0.6) is 0 Å². The maximum absolute atomic E-state index is 13.8. The molecule has 1 aliphatic rings. The zero-order valence-corrected chi connectivity index (χ0v) is 15.0. The Balaban J connectivity index is 0.00000109. The molecule has 1 aliphatic heterocycles. The average molecular weight is 372 g/mol. The van der Waals surface area contributed by atoms with Crippen molar-refractivity contribution in [2.24, 2.45) is 0 Å². The Labute approximate surface area is 150 Å². The van der Waals surface area contributed by atoms with E-state index in [0.29, 0.717) is 11.1 Å². The van der Waals surface area contributed by atoms with Gasteiger partial charge in [-0.2, -0.15) is 13.2 Å². The van der Waals surface area contributed by atoms with Gasteiger partial charge in [0.15, 0.2) is 0 Å². The molecule has 7 heteroatoms. The van der Waals surface area contributed by atoms with E-state index in [1.807, 2.05) is 13.8 Å². The SMILES string of the molecule is CC.CN1NC(C(c2ccncc2)C(F)(F)F)c2ccccc2C1Cl. The summed E-state index contributed by atoms with van der Waals surface area (Å²) in [4.78, 5) is 3.81. The summed E-state index contributed by atoms with van der Waals surface area (Å²) < 4.78 is 41.4. The number of alkyl halides is 4. The second kappa shape index (κ2) is 8.17. The Bertz CT molecular complexity index is 679. The van der Waals surface area contributed by atoms with Gasteiger partial charge in [0, 0.05) is 19.4 Å². The highest BCUT2D eigenvalue weighted by molar-refractivity contribution is 6.20. The minimum atomic E-state index is -4.41. The smallest absolute Gasteiger partial charge is 0.265 e. The van der Waals surface area contributed by atoms with Crippen molar-refractivity contribution >= 4 is 11.6 Å². The summed E-state index contributed by atoms with van der Waals surface area (Å²) in [6, 6.07) is 8.80. The number of hydrazine groups is 1. The molecule has 1 aromatic heterocycles. The lowest BCUT2D eigenvalue weighted by molar-refractivity contribution is -0.162. The number of benzene rings is 1. The van der Waals surface area contributed by atoms with Crippen molar-refractivity contribution < 1.29 is 13.2 Å². The second-order valence-corrected chi connectivity index (χ2v) is 5.90.